The number of rotatable bonds is 9. The van der Waals surface area contributed by atoms with Gasteiger partial charge >= 0.3 is 12.0 Å². The first-order chi connectivity index (χ1) is 20.3. The number of aliphatic carboxylic acids is 1. The number of nitro groups is 1. The summed E-state index contributed by atoms with van der Waals surface area (Å²) >= 11 is 0. The van der Waals surface area contributed by atoms with Crippen molar-refractivity contribution < 1.29 is 29.2 Å². The van der Waals surface area contributed by atoms with E-state index in [-0.39, 0.29) is 30.2 Å². The zero-order valence-electron chi connectivity index (χ0n) is 24.8. The number of benzene rings is 2. The fraction of sp³-hybridized carbons (Fsp3) is 0.467. The summed E-state index contributed by atoms with van der Waals surface area (Å²) in [5.74, 6) is -1.83. The van der Waals surface area contributed by atoms with E-state index < -0.39 is 40.5 Å². The molecule has 230 valence electrons. The number of hydrogen-bond donors (Lipinski definition) is 3. The van der Waals surface area contributed by atoms with Gasteiger partial charge < -0.3 is 30.4 Å². The summed E-state index contributed by atoms with van der Waals surface area (Å²) in [7, 11) is 0. The maximum absolute atomic E-state index is 13.7. The van der Waals surface area contributed by atoms with Crippen LogP contribution in [0.25, 0.3) is 0 Å². The van der Waals surface area contributed by atoms with Crippen LogP contribution in [0.1, 0.15) is 49.5 Å². The maximum Gasteiger partial charge on any atom is 0.328 e. The van der Waals surface area contributed by atoms with E-state index in [0.717, 1.165) is 11.8 Å². The number of aryl methyl sites for hydroxylation is 1. The van der Waals surface area contributed by atoms with Crippen molar-refractivity contribution in [1.29, 1.82) is 0 Å². The third kappa shape index (κ3) is 6.55. The van der Waals surface area contributed by atoms with E-state index in [1.807, 2.05) is 35.2 Å². The lowest BCUT2D eigenvalue weighted by Crippen LogP contribution is -2.61. The number of carbonyl (C=O) groups excluding carboxylic acids is 3. The van der Waals surface area contributed by atoms with Crippen LogP contribution in [0.15, 0.2) is 48.5 Å². The van der Waals surface area contributed by atoms with Crippen molar-refractivity contribution >= 4 is 35.2 Å². The third-order valence-electron chi connectivity index (χ3n) is 8.13. The number of carbonyl (C=O) groups is 4. The molecule has 13 heteroatoms. The molecular formula is C30H38N6O7. The van der Waals surface area contributed by atoms with Crippen LogP contribution in [0, 0.1) is 23.0 Å². The molecular weight excluding hydrogens is 556 g/mol. The summed E-state index contributed by atoms with van der Waals surface area (Å²) in [6.07, 6.45) is 0.810. The van der Waals surface area contributed by atoms with Crippen LogP contribution in [0.3, 0.4) is 0 Å². The van der Waals surface area contributed by atoms with Gasteiger partial charge in [0.1, 0.15) is 11.6 Å². The van der Waals surface area contributed by atoms with Gasteiger partial charge in [-0.25, -0.2) is 9.59 Å². The van der Waals surface area contributed by atoms with Crippen LogP contribution in [0.4, 0.5) is 16.2 Å². The van der Waals surface area contributed by atoms with Crippen molar-refractivity contribution in [1.82, 2.24) is 20.4 Å². The fourth-order valence-electron chi connectivity index (χ4n) is 5.82. The van der Waals surface area contributed by atoms with Crippen LogP contribution in [0.2, 0.25) is 0 Å². The number of piperidine rings is 1. The van der Waals surface area contributed by atoms with E-state index in [9.17, 15) is 34.4 Å². The quantitative estimate of drug-likeness (QED) is 0.294. The van der Waals surface area contributed by atoms with Gasteiger partial charge in [-0.2, -0.15) is 0 Å². The second-order valence-corrected chi connectivity index (χ2v) is 11.6. The number of nitrogens with one attached hydrogen (secondary N) is 2. The third-order valence-corrected chi connectivity index (χ3v) is 8.13. The predicted molar refractivity (Wildman–Crippen MR) is 159 cm³/mol. The summed E-state index contributed by atoms with van der Waals surface area (Å²) in [4.78, 5) is 68.0. The molecule has 0 saturated carbocycles. The lowest BCUT2D eigenvalue weighted by atomic mass is 9.85. The Morgan fingerprint density at radius 1 is 1.05 bits per heavy atom. The number of nitro benzene ring substituents is 1. The van der Waals surface area contributed by atoms with Gasteiger partial charge in [-0.15, -0.1) is 0 Å². The molecule has 2 aromatic carbocycles. The first-order valence-electron chi connectivity index (χ1n) is 14.3. The molecule has 2 fully saturated rings. The van der Waals surface area contributed by atoms with Gasteiger partial charge in [0.05, 0.1) is 17.6 Å². The van der Waals surface area contributed by atoms with Gasteiger partial charge in [-0.1, -0.05) is 38.1 Å². The number of urea groups is 1. The molecule has 0 aromatic heterocycles. The van der Waals surface area contributed by atoms with Crippen molar-refractivity contribution in [2.75, 3.05) is 31.2 Å². The SMILES string of the molecule is Cc1ccc([N+](=O)[O-])cc1C(=O)NC(C(=O)O)C(C)NC(=O)N1CCC2(CC1)C(=O)N(CC(C)C)CN2c1ccccc1. The second-order valence-electron chi connectivity index (χ2n) is 11.6. The lowest BCUT2D eigenvalue weighted by molar-refractivity contribution is -0.384. The number of carboxylic acids is 1. The van der Waals surface area contributed by atoms with Crippen LogP contribution in [0.5, 0.6) is 0 Å². The minimum atomic E-state index is -1.50. The van der Waals surface area contributed by atoms with Gasteiger partial charge in [0, 0.05) is 43.0 Å². The van der Waals surface area contributed by atoms with Crippen molar-refractivity contribution in [2.45, 2.75) is 58.2 Å². The number of nitrogens with zero attached hydrogens (tertiary/aromatic N) is 4. The Hall–Kier alpha value is -4.68. The Labute approximate surface area is 250 Å². The normalized spacial score (nSPS) is 17.6. The summed E-state index contributed by atoms with van der Waals surface area (Å²) in [6.45, 7) is 8.83. The van der Waals surface area contributed by atoms with Crippen molar-refractivity contribution in [3.05, 3.63) is 69.8 Å². The number of anilines is 1. The second kappa shape index (κ2) is 12.7. The largest absolute Gasteiger partial charge is 0.480 e. The van der Waals surface area contributed by atoms with E-state index in [1.54, 1.807) is 11.8 Å². The Bertz CT molecular complexity index is 1390. The van der Waals surface area contributed by atoms with Gasteiger partial charge in [0.25, 0.3) is 11.6 Å². The molecule has 2 aliphatic rings. The predicted octanol–water partition coefficient (Wildman–Crippen LogP) is 2.98. The summed E-state index contributed by atoms with van der Waals surface area (Å²) in [6, 6.07) is 10.5. The number of carboxylic acid groups (broad SMARTS) is 1. The minimum absolute atomic E-state index is 0.0315. The van der Waals surface area contributed by atoms with Crippen molar-refractivity contribution in [2.24, 2.45) is 5.92 Å². The molecule has 2 unspecified atom stereocenters. The molecule has 0 radical (unpaired) electrons. The van der Waals surface area contributed by atoms with Crippen molar-refractivity contribution in [3.63, 3.8) is 0 Å². The van der Waals surface area contributed by atoms with Gasteiger partial charge in [0.15, 0.2) is 0 Å². The highest BCUT2D eigenvalue weighted by Crippen LogP contribution is 2.39. The first kappa shape index (κ1) is 31.3. The number of hydrogen-bond acceptors (Lipinski definition) is 7. The zero-order chi connectivity index (χ0) is 31.5. The molecule has 2 atom stereocenters. The molecule has 2 heterocycles. The number of non-ortho nitro benzene ring substituents is 1. The molecule has 0 bridgehead atoms. The van der Waals surface area contributed by atoms with E-state index in [4.69, 9.17) is 0 Å². The number of amides is 4. The van der Waals surface area contributed by atoms with Crippen molar-refractivity contribution in [3.8, 4) is 0 Å². The molecule has 1 spiro atoms. The van der Waals surface area contributed by atoms with E-state index in [0.29, 0.717) is 37.5 Å². The van der Waals surface area contributed by atoms with Gasteiger partial charge in [-0.3, -0.25) is 19.7 Å². The number of likely N-dealkylation sites (tertiary alicyclic amines) is 1. The lowest BCUT2D eigenvalue weighted by Gasteiger charge is -2.43. The number of para-hydroxylation sites is 1. The monoisotopic (exact) mass is 594 g/mol. The maximum atomic E-state index is 13.7. The summed E-state index contributed by atoms with van der Waals surface area (Å²) in [5.41, 5.74) is 0.255. The van der Waals surface area contributed by atoms with E-state index >= 15 is 0 Å². The molecule has 4 rings (SSSR count). The molecule has 4 amide bonds. The molecule has 3 N–H and O–H groups in total. The van der Waals surface area contributed by atoms with Crippen LogP contribution < -0.4 is 15.5 Å². The summed E-state index contributed by atoms with van der Waals surface area (Å²) < 4.78 is 0. The molecule has 0 aliphatic carbocycles. The summed E-state index contributed by atoms with van der Waals surface area (Å²) in [5, 5.41) is 26.0. The Morgan fingerprint density at radius 2 is 1.70 bits per heavy atom. The Balaban J connectivity index is 1.43. The molecule has 2 aromatic rings. The van der Waals surface area contributed by atoms with Crippen LogP contribution in [-0.2, 0) is 9.59 Å². The molecule has 13 nitrogen and oxygen atoms in total. The molecule has 43 heavy (non-hydrogen) atoms. The van der Waals surface area contributed by atoms with Crippen LogP contribution >= 0.6 is 0 Å². The minimum Gasteiger partial charge on any atom is -0.480 e. The highest BCUT2D eigenvalue weighted by Gasteiger charge is 2.54. The highest BCUT2D eigenvalue weighted by atomic mass is 16.6. The first-order valence-corrected chi connectivity index (χ1v) is 14.3. The standard InChI is InChI=1S/C30H38N6O7/c1-19(2)17-34-18-35(22-8-6-5-7-9-22)30(28(34)40)12-14-33(15-13-30)29(41)31-21(4)25(27(38)39)32-26(37)24-16-23(36(42)43)11-10-20(24)3/h5-11,16,19,21,25H,12-15,17-18H2,1-4H3,(H,31,41)(H,32,37)(H,38,39). The Morgan fingerprint density at radius 3 is 2.28 bits per heavy atom. The Kier molecular flexibility index (Phi) is 9.22. The van der Waals surface area contributed by atoms with E-state index in [1.165, 1.54) is 19.1 Å². The smallest absolute Gasteiger partial charge is 0.328 e. The average molecular weight is 595 g/mol. The van der Waals surface area contributed by atoms with Gasteiger partial charge in [-0.05, 0) is 50.3 Å². The van der Waals surface area contributed by atoms with Crippen LogP contribution in [-0.4, -0.2) is 87.6 Å². The van der Waals surface area contributed by atoms with Gasteiger partial charge in [0.2, 0.25) is 5.91 Å². The fourth-order valence-corrected chi connectivity index (χ4v) is 5.82. The molecule has 2 aliphatic heterocycles. The van der Waals surface area contributed by atoms with E-state index in [2.05, 4.69) is 29.4 Å². The highest BCUT2D eigenvalue weighted by molar-refractivity contribution is 5.98. The average Bonchev–Trinajstić information content (AvgIpc) is 3.22. The molecule has 2 saturated heterocycles. The zero-order valence-corrected chi connectivity index (χ0v) is 24.8. The topological polar surface area (TPSA) is 165 Å².